The molecule has 0 aliphatic rings. The molecule has 7 heteroatoms. The quantitative estimate of drug-likeness (QED) is 0.661. The number of likely N-dealkylation sites (N-methyl/N-ethyl adjacent to an activating group) is 1. The second-order valence-corrected chi connectivity index (χ2v) is 6.75. The summed E-state index contributed by atoms with van der Waals surface area (Å²) in [5.74, 6) is 0.457. The molecular weight excluding hydrogens is 382 g/mol. The molecule has 0 saturated carbocycles. The van der Waals surface area contributed by atoms with Crippen molar-refractivity contribution in [1.29, 1.82) is 0 Å². The first kappa shape index (κ1) is 17.3. The Morgan fingerprint density at radius 3 is 2.60 bits per heavy atom. The van der Waals surface area contributed by atoms with Crippen LogP contribution in [0.15, 0.2) is 53.0 Å². The number of nitrogens with zero attached hydrogens (tertiary/aromatic N) is 5. The predicted octanol–water partition coefficient (Wildman–Crippen LogP) is 3.07. The maximum atomic E-state index is 12.4. The summed E-state index contributed by atoms with van der Waals surface area (Å²) in [6.07, 6.45) is 0. The lowest BCUT2D eigenvalue weighted by Crippen LogP contribution is -2.30. The standard InChI is InChI=1S/C18H18BrN5O/c1-13-5-3-4-6-16(13)18-20-22-24(21-18)12-17(25)23(2)11-14-7-9-15(19)10-8-14/h3-10H,11-12H2,1-2H3. The van der Waals surface area contributed by atoms with E-state index in [2.05, 4.69) is 31.3 Å². The van der Waals surface area contributed by atoms with Gasteiger partial charge in [-0.2, -0.15) is 4.80 Å². The predicted molar refractivity (Wildman–Crippen MR) is 98.6 cm³/mol. The fourth-order valence-electron chi connectivity index (χ4n) is 2.44. The average Bonchev–Trinajstić information content (AvgIpc) is 3.05. The van der Waals surface area contributed by atoms with Crippen molar-refractivity contribution < 1.29 is 4.79 Å². The number of halogens is 1. The van der Waals surface area contributed by atoms with E-state index >= 15 is 0 Å². The molecule has 1 aromatic heterocycles. The Kier molecular flexibility index (Phi) is 5.23. The maximum Gasteiger partial charge on any atom is 0.246 e. The molecule has 0 saturated heterocycles. The zero-order valence-corrected chi connectivity index (χ0v) is 15.6. The van der Waals surface area contributed by atoms with Gasteiger partial charge < -0.3 is 4.90 Å². The fraction of sp³-hybridized carbons (Fsp3) is 0.222. The van der Waals surface area contributed by atoms with Crippen molar-refractivity contribution in [3.63, 3.8) is 0 Å². The third-order valence-electron chi connectivity index (χ3n) is 3.87. The number of aryl methyl sites for hydroxylation is 1. The summed E-state index contributed by atoms with van der Waals surface area (Å²) in [5.41, 5.74) is 3.05. The molecule has 128 valence electrons. The molecule has 0 unspecified atom stereocenters. The Hall–Kier alpha value is -2.54. The number of carbonyl (C=O) groups excluding carboxylic acids is 1. The summed E-state index contributed by atoms with van der Waals surface area (Å²) in [6, 6.07) is 15.7. The van der Waals surface area contributed by atoms with Crippen LogP contribution in [0.2, 0.25) is 0 Å². The average molecular weight is 400 g/mol. The topological polar surface area (TPSA) is 63.9 Å². The molecule has 6 nitrogen and oxygen atoms in total. The lowest BCUT2D eigenvalue weighted by molar-refractivity contribution is -0.131. The van der Waals surface area contributed by atoms with Crippen molar-refractivity contribution in [2.24, 2.45) is 0 Å². The highest BCUT2D eigenvalue weighted by molar-refractivity contribution is 9.10. The number of benzene rings is 2. The molecule has 3 aromatic rings. The van der Waals surface area contributed by atoms with Crippen LogP contribution in [0.5, 0.6) is 0 Å². The van der Waals surface area contributed by atoms with Gasteiger partial charge in [-0.05, 0) is 35.4 Å². The van der Waals surface area contributed by atoms with Gasteiger partial charge in [0.15, 0.2) is 0 Å². The van der Waals surface area contributed by atoms with Crippen LogP contribution in [0.4, 0.5) is 0 Å². The van der Waals surface area contributed by atoms with Gasteiger partial charge in [0.2, 0.25) is 11.7 Å². The van der Waals surface area contributed by atoms with Crippen molar-refractivity contribution >= 4 is 21.8 Å². The van der Waals surface area contributed by atoms with Crippen molar-refractivity contribution in [3.8, 4) is 11.4 Å². The maximum absolute atomic E-state index is 12.4. The van der Waals surface area contributed by atoms with Crippen LogP contribution in [0, 0.1) is 6.92 Å². The zero-order chi connectivity index (χ0) is 17.8. The third kappa shape index (κ3) is 4.30. The monoisotopic (exact) mass is 399 g/mol. The first-order valence-electron chi connectivity index (χ1n) is 7.85. The number of amides is 1. The SMILES string of the molecule is Cc1ccccc1-c1nnn(CC(=O)N(C)Cc2ccc(Br)cc2)n1. The Balaban J connectivity index is 1.65. The first-order valence-corrected chi connectivity index (χ1v) is 8.64. The highest BCUT2D eigenvalue weighted by Gasteiger charge is 2.14. The van der Waals surface area contributed by atoms with Gasteiger partial charge in [0, 0.05) is 23.6 Å². The molecule has 0 bridgehead atoms. The van der Waals surface area contributed by atoms with Crippen LogP contribution in [0.1, 0.15) is 11.1 Å². The van der Waals surface area contributed by atoms with Crippen molar-refractivity contribution in [2.75, 3.05) is 7.05 Å². The molecule has 0 aliphatic carbocycles. The summed E-state index contributed by atoms with van der Waals surface area (Å²) < 4.78 is 1.01. The normalized spacial score (nSPS) is 10.7. The molecule has 0 spiro atoms. The zero-order valence-electron chi connectivity index (χ0n) is 14.1. The number of tetrazole rings is 1. The number of rotatable bonds is 5. The lowest BCUT2D eigenvalue weighted by Gasteiger charge is -2.16. The van der Waals surface area contributed by atoms with Crippen molar-refractivity contribution in [2.45, 2.75) is 20.0 Å². The first-order chi connectivity index (χ1) is 12.0. The van der Waals surface area contributed by atoms with Crippen molar-refractivity contribution in [3.05, 3.63) is 64.1 Å². The minimum absolute atomic E-state index is 0.0614. The molecule has 0 radical (unpaired) electrons. The van der Waals surface area contributed by atoms with Crippen LogP contribution in [-0.4, -0.2) is 38.1 Å². The van der Waals surface area contributed by atoms with Gasteiger partial charge >= 0.3 is 0 Å². The van der Waals surface area contributed by atoms with Crippen LogP contribution >= 0.6 is 15.9 Å². The molecule has 0 N–H and O–H groups in total. The van der Waals surface area contributed by atoms with Crippen LogP contribution in [0.3, 0.4) is 0 Å². The van der Waals surface area contributed by atoms with Gasteiger partial charge in [-0.25, -0.2) is 0 Å². The number of hydrogen-bond donors (Lipinski definition) is 0. The minimum Gasteiger partial charge on any atom is -0.340 e. The van der Waals surface area contributed by atoms with E-state index < -0.39 is 0 Å². The molecule has 2 aromatic carbocycles. The molecule has 1 heterocycles. The molecule has 25 heavy (non-hydrogen) atoms. The van der Waals surface area contributed by atoms with E-state index in [0.29, 0.717) is 12.4 Å². The number of carbonyl (C=O) groups is 1. The van der Waals surface area contributed by atoms with Crippen LogP contribution in [0.25, 0.3) is 11.4 Å². The van der Waals surface area contributed by atoms with Gasteiger partial charge in [-0.3, -0.25) is 4.79 Å². The van der Waals surface area contributed by atoms with E-state index in [9.17, 15) is 4.79 Å². The Morgan fingerprint density at radius 2 is 1.88 bits per heavy atom. The Labute approximate surface area is 154 Å². The van der Waals surface area contributed by atoms with E-state index in [0.717, 1.165) is 21.2 Å². The summed E-state index contributed by atoms with van der Waals surface area (Å²) in [6.45, 7) is 2.59. The van der Waals surface area contributed by atoms with Gasteiger partial charge in [0.25, 0.3) is 0 Å². The summed E-state index contributed by atoms with van der Waals surface area (Å²) in [4.78, 5) is 15.4. The molecule has 1 amide bonds. The van der Waals surface area contributed by atoms with E-state index in [1.165, 1.54) is 4.80 Å². The smallest absolute Gasteiger partial charge is 0.246 e. The Bertz CT molecular complexity index is 875. The molecule has 3 rings (SSSR count). The second kappa shape index (κ2) is 7.57. The van der Waals surface area contributed by atoms with E-state index in [-0.39, 0.29) is 12.5 Å². The van der Waals surface area contributed by atoms with Gasteiger partial charge in [0.05, 0.1) is 0 Å². The van der Waals surface area contributed by atoms with Gasteiger partial charge in [-0.15, -0.1) is 10.2 Å². The van der Waals surface area contributed by atoms with Crippen LogP contribution in [-0.2, 0) is 17.9 Å². The number of aromatic nitrogens is 4. The van der Waals surface area contributed by atoms with Gasteiger partial charge in [-0.1, -0.05) is 52.3 Å². The largest absolute Gasteiger partial charge is 0.340 e. The minimum atomic E-state index is -0.0725. The van der Waals surface area contributed by atoms with E-state index in [4.69, 9.17) is 0 Å². The molecule has 0 fully saturated rings. The summed E-state index contributed by atoms with van der Waals surface area (Å²) in [5, 5.41) is 12.4. The summed E-state index contributed by atoms with van der Waals surface area (Å²) >= 11 is 3.40. The summed E-state index contributed by atoms with van der Waals surface area (Å²) in [7, 11) is 1.77. The fourth-order valence-corrected chi connectivity index (χ4v) is 2.70. The highest BCUT2D eigenvalue weighted by Crippen LogP contribution is 2.18. The van der Waals surface area contributed by atoms with Gasteiger partial charge in [0.1, 0.15) is 6.54 Å². The highest BCUT2D eigenvalue weighted by atomic mass is 79.9. The third-order valence-corrected chi connectivity index (χ3v) is 4.40. The number of hydrogen-bond acceptors (Lipinski definition) is 4. The van der Waals surface area contributed by atoms with E-state index in [1.54, 1.807) is 11.9 Å². The molecular formula is C18H18BrN5O. The molecule has 0 atom stereocenters. The second-order valence-electron chi connectivity index (χ2n) is 5.83. The lowest BCUT2D eigenvalue weighted by atomic mass is 10.1. The molecule has 0 aliphatic heterocycles. The van der Waals surface area contributed by atoms with Crippen LogP contribution < -0.4 is 0 Å². The van der Waals surface area contributed by atoms with E-state index in [1.807, 2.05) is 55.5 Å². The Morgan fingerprint density at radius 1 is 1.16 bits per heavy atom. The van der Waals surface area contributed by atoms with Crippen molar-refractivity contribution in [1.82, 2.24) is 25.1 Å².